The summed E-state index contributed by atoms with van der Waals surface area (Å²) < 4.78 is 5.23. The molecule has 0 saturated carbocycles. The predicted octanol–water partition coefficient (Wildman–Crippen LogP) is 0.868. The van der Waals surface area contributed by atoms with Gasteiger partial charge in [0.05, 0.1) is 6.61 Å². The number of halogens is 1. The molecule has 74 valence electrons. The van der Waals surface area contributed by atoms with Gasteiger partial charge in [0.25, 0.3) is 0 Å². The van der Waals surface area contributed by atoms with Crippen molar-refractivity contribution in [2.45, 2.75) is 12.8 Å². The fourth-order valence-corrected chi connectivity index (χ4v) is 0.846. The Kier molecular flexibility index (Phi) is 6.54. The summed E-state index contributed by atoms with van der Waals surface area (Å²) in [6, 6.07) is 9.87. The number of hydrogen-bond acceptors (Lipinski definition) is 3. The van der Waals surface area contributed by atoms with Crippen LogP contribution >= 0.6 is 12.4 Å². The summed E-state index contributed by atoms with van der Waals surface area (Å²) in [4.78, 5) is 0. The largest absolute Gasteiger partial charge is 0.358 e. The van der Waals surface area contributed by atoms with Gasteiger partial charge in [-0.1, -0.05) is 30.3 Å². The van der Waals surface area contributed by atoms with Crippen LogP contribution < -0.4 is 11.5 Å². The first kappa shape index (κ1) is 12.4. The van der Waals surface area contributed by atoms with Gasteiger partial charge >= 0.3 is 0 Å². The van der Waals surface area contributed by atoms with Gasteiger partial charge in [0.15, 0.2) is 0 Å². The van der Waals surface area contributed by atoms with Crippen molar-refractivity contribution in [3.8, 4) is 0 Å². The monoisotopic (exact) mass is 202 g/mol. The molecule has 0 fully saturated rings. The molecule has 0 bridgehead atoms. The molecule has 4 N–H and O–H groups in total. The normalized spacial score (nSPS) is 11.8. The van der Waals surface area contributed by atoms with Crippen molar-refractivity contribution in [2.75, 3.05) is 6.54 Å². The van der Waals surface area contributed by atoms with Crippen molar-refractivity contribution < 1.29 is 4.74 Å². The summed E-state index contributed by atoms with van der Waals surface area (Å²) in [5, 5.41) is 0. The van der Waals surface area contributed by atoms with Crippen LogP contribution in [0.5, 0.6) is 0 Å². The van der Waals surface area contributed by atoms with Gasteiger partial charge in [-0.2, -0.15) is 0 Å². The predicted molar refractivity (Wildman–Crippen MR) is 55.5 cm³/mol. The van der Waals surface area contributed by atoms with E-state index in [1.165, 1.54) is 0 Å². The fourth-order valence-electron chi connectivity index (χ4n) is 0.846. The van der Waals surface area contributed by atoms with Gasteiger partial charge in [-0.25, -0.2) is 0 Å². The van der Waals surface area contributed by atoms with Gasteiger partial charge in [0, 0.05) is 6.54 Å². The van der Waals surface area contributed by atoms with Crippen molar-refractivity contribution in [3.05, 3.63) is 35.9 Å². The first-order valence-corrected chi connectivity index (χ1v) is 3.94. The van der Waals surface area contributed by atoms with Crippen LogP contribution in [0, 0.1) is 0 Å². The highest BCUT2D eigenvalue weighted by atomic mass is 35.5. The van der Waals surface area contributed by atoms with Crippen molar-refractivity contribution in [2.24, 2.45) is 11.5 Å². The van der Waals surface area contributed by atoms with E-state index in [4.69, 9.17) is 16.2 Å². The van der Waals surface area contributed by atoms with Gasteiger partial charge < -0.3 is 16.2 Å². The van der Waals surface area contributed by atoms with Gasteiger partial charge in [-0.05, 0) is 5.56 Å². The quantitative estimate of drug-likeness (QED) is 0.713. The van der Waals surface area contributed by atoms with E-state index in [2.05, 4.69) is 0 Å². The average molecular weight is 203 g/mol. The van der Waals surface area contributed by atoms with Crippen LogP contribution in [-0.2, 0) is 11.3 Å². The van der Waals surface area contributed by atoms with Crippen LogP contribution in [0.3, 0.4) is 0 Å². The maximum Gasteiger partial charge on any atom is 0.118 e. The lowest BCUT2D eigenvalue weighted by Crippen LogP contribution is -2.32. The zero-order valence-electron chi connectivity index (χ0n) is 7.35. The van der Waals surface area contributed by atoms with E-state index in [0.29, 0.717) is 13.2 Å². The lowest BCUT2D eigenvalue weighted by atomic mass is 10.2. The molecule has 13 heavy (non-hydrogen) atoms. The number of rotatable bonds is 4. The summed E-state index contributed by atoms with van der Waals surface area (Å²) in [7, 11) is 0. The summed E-state index contributed by atoms with van der Waals surface area (Å²) in [6.07, 6.45) is -0.356. The van der Waals surface area contributed by atoms with Crippen LogP contribution in [0.25, 0.3) is 0 Å². The molecule has 0 aromatic heterocycles. The van der Waals surface area contributed by atoms with Crippen LogP contribution in [-0.4, -0.2) is 12.8 Å². The molecule has 1 atom stereocenters. The van der Waals surface area contributed by atoms with Crippen molar-refractivity contribution in [1.82, 2.24) is 0 Å². The Morgan fingerprint density at radius 3 is 2.38 bits per heavy atom. The second-order valence-electron chi connectivity index (χ2n) is 2.57. The van der Waals surface area contributed by atoms with E-state index < -0.39 is 0 Å². The van der Waals surface area contributed by atoms with Crippen LogP contribution in [0.15, 0.2) is 30.3 Å². The van der Waals surface area contributed by atoms with Gasteiger partial charge in [-0.15, -0.1) is 12.4 Å². The molecule has 0 amide bonds. The zero-order valence-corrected chi connectivity index (χ0v) is 8.17. The lowest BCUT2D eigenvalue weighted by molar-refractivity contribution is 0.0509. The standard InChI is InChI=1S/C9H14N2O.ClH/c10-6-9(11)12-7-8-4-2-1-3-5-8;/h1-5,9H,6-7,10-11H2;1H. The molecule has 0 heterocycles. The third-order valence-electron chi connectivity index (χ3n) is 1.54. The Hall–Kier alpha value is -0.610. The van der Waals surface area contributed by atoms with E-state index >= 15 is 0 Å². The second-order valence-corrected chi connectivity index (χ2v) is 2.57. The molecule has 1 aromatic carbocycles. The van der Waals surface area contributed by atoms with E-state index in [-0.39, 0.29) is 18.6 Å². The Morgan fingerprint density at radius 2 is 1.85 bits per heavy atom. The van der Waals surface area contributed by atoms with E-state index in [0.717, 1.165) is 5.56 Å². The first-order chi connectivity index (χ1) is 5.83. The molecule has 0 saturated heterocycles. The van der Waals surface area contributed by atoms with Crippen LogP contribution in [0.1, 0.15) is 5.56 Å². The SMILES string of the molecule is Cl.NCC(N)OCc1ccccc1. The fraction of sp³-hybridized carbons (Fsp3) is 0.333. The Labute approximate surface area is 84.5 Å². The van der Waals surface area contributed by atoms with Crippen LogP contribution in [0.4, 0.5) is 0 Å². The van der Waals surface area contributed by atoms with Gasteiger partial charge in [-0.3, -0.25) is 0 Å². The third-order valence-corrected chi connectivity index (χ3v) is 1.54. The number of ether oxygens (including phenoxy) is 1. The maximum absolute atomic E-state index is 5.47. The average Bonchev–Trinajstić information content (AvgIpc) is 2.16. The molecule has 1 unspecified atom stereocenters. The zero-order chi connectivity index (χ0) is 8.81. The highest BCUT2D eigenvalue weighted by molar-refractivity contribution is 5.85. The lowest BCUT2D eigenvalue weighted by Gasteiger charge is -2.09. The Morgan fingerprint density at radius 1 is 1.23 bits per heavy atom. The molecule has 4 heteroatoms. The summed E-state index contributed by atoms with van der Waals surface area (Å²) in [6.45, 7) is 0.881. The molecule has 0 spiro atoms. The number of benzene rings is 1. The van der Waals surface area contributed by atoms with Crippen molar-refractivity contribution >= 4 is 12.4 Å². The highest BCUT2D eigenvalue weighted by Gasteiger charge is 1.98. The summed E-state index contributed by atoms with van der Waals surface area (Å²) >= 11 is 0. The van der Waals surface area contributed by atoms with E-state index in [9.17, 15) is 0 Å². The topological polar surface area (TPSA) is 61.3 Å². The summed E-state index contributed by atoms with van der Waals surface area (Å²) in [5.41, 5.74) is 11.9. The molecule has 0 aliphatic carbocycles. The van der Waals surface area contributed by atoms with Crippen LogP contribution in [0.2, 0.25) is 0 Å². The van der Waals surface area contributed by atoms with E-state index in [1.54, 1.807) is 0 Å². The minimum absolute atomic E-state index is 0. The molecule has 1 rings (SSSR count). The summed E-state index contributed by atoms with van der Waals surface area (Å²) in [5.74, 6) is 0. The van der Waals surface area contributed by atoms with Crippen molar-refractivity contribution in [1.29, 1.82) is 0 Å². The smallest absolute Gasteiger partial charge is 0.118 e. The Balaban J connectivity index is 0.00000144. The molecule has 0 aliphatic heterocycles. The Bertz CT molecular complexity index is 218. The number of hydrogen-bond donors (Lipinski definition) is 2. The number of nitrogens with two attached hydrogens (primary N) is 2. The third kappa shape index (κ3) is 4.85. The molecule has 0 radical (unpaired) electrons. The molecular formula is C9H15ClN2O. The van der Waals surface area contributed by atoms with E-state index in [1.807, 2.05) is 30.3 Å². The minimum Gasteiger partial charge on any atom is -0.358 e. The van der Waals surface area contributed by atoms with Gasteiger partial charge in [0.2, 0.25) is 0 Å². The first-order valence-electron chi connectivity index (χ1n) is 3.94. The molecule has 1 aromatic rings. The minimum atomic E-state index is -0.356. The van der Waals surface area contributed by atoms with Crippen molar-refractivity contribution in [3.63, 3.8) is 0 Å². The maximum atomic E-state index is 5.47. The molecule has 3 nitrogen and oxygen atoms in total. The highest BCUT2D eigenvalue weighted by Crippen LogP contribution is 2.00. The molecular weight excluding hydrogens is 188 g/mol. The van der Waals surface area contributed by atoms with Gasteiger partial charge in [0.1, 0.15) is 6.23 Å². The molecule has 0 aliphatic rings. The second kappa shape index (κ2) is 6.86.